The van der Waals surface area contributed by atoms with Crippen molar-refractivity contribution in [2.24, 2.45) is 0 Å². The van der Waals surface area contributed by atoms with Crippen LogP contribution in [0.4, 0.5) is 11.4 Å². The second-order valence-electron chi connectivity index (χ2n) is 3.73. The molecule has 1 aromatic rings. The van der Waals surface area contributed by atoms with E-state index in [4.69, 9.17) is 20.1 Å². The van der Waals surface area contributed by atoms with Crippen LogP contribution in [0.2, 0.25) is 0 Å². The summed E-state index contributed by atoms with van der Waals surface area (Å²) in [6, 6.07) is 4.16. The van der Waals surface area contributed by atoms with Gasteiger partial charge in [0.1, 0.15) is 24.1 Å². The number of anilines is 1. The van der Waals surface area contributed by atoms with Crippen LogP contribution in [0.3, 0.4) is 0 Å². The van der Waals surface area contributed by atoms with Crippen LogP contribution in [0.15, 0.2) is 18.2 Å². The first-order valence-corrected chi connectivity index (χ1v) is 5.63. The molecule has 8 nitrogen and oxygen atoms in total. The minimum atomic E-state index is -1.04. The number of nitro benzene ring substituents is 1. The Morgan fingerprint density at radius 1 is 1.42 bits per heavy atom. The zero-order chi connectivity index (χ0) is 14.3. The number of nitrogens with zero attached hydrogens (tertiary/aromatic N) is 1. The second kappa shape index (κ2) is 7.52. The molecular formula is C11H16N2O6. The van der Waals surface area contributed by atoms with Crippen LogP contribution in [0, 0.1) is 10.1 Å². The van der Waals surface area contributed by atoms with Crippen LogP contribution >= 0.6 is 0 Å². The highest BCUT2D eigenvalue weighted by Gasteiger charge is 2.15. The number of hydrogen-bond donors (Lipinski definition) is 4. The van der Waals surface area contributed by atoms with Crippen molar-refractivity contribution >= 4 is 11.4 Å². The number of aliphatic hydroxyl groups excluding tert-OH is 3. The highest BCUT2D eigenvalue weighted by Crippen LogP contribution is 2.28. The summed E-state index contributed by atoms with van der Waals surface area (Å²) in [5.41, 5.74) is 0.0820. The molecule has 0 aliphatic carbocycles. The largest absolute Gasteiger partial charge is 0.491 e. The van der Waals surface area contributed by atoms with Gasteiger partial charge in [0.15, 0.2) is 0 Å². The molecule has 106 valence electrons. The summed E-state index contributed by atoms with van der Waals surface area (Å²) in [6.07, 6.45) is -1.04. The Morgan fingerprint density at radius 3 is 2.74 bits per heavy atom. The van der Waals surface area contributed by atoms with E-state index < -0.39 is 17.6 Å². The van der Waals surface area contributed by atoms with Gasteiger partial charge in [-0.3, -0.25) is 10.1 Å². The van der Waals surface area contributed by atoms with Crippen molar-refractivity contribution in [1.82, 2.24) is 0 Å². The number of hydrogen-bond acceptors (Lipinski definition) is 7. The van der Waals surface area contributed by atoms with Gasteiger partial charge in [-0.2, -0.15) is 0 Å². The molecule has 1 atom stereocenters. The minimum absolute atomic E-state index is 0.141. The molecule has 1 unspecified atom stereocenters. The molecule has 0 amide bonds. The van der Waals surface area contributed by atoms with Gasteiger partial charge in [0.2, 0.25) is 0 Å². The van der Waals surface area contributed by atoms with Crippen LogP contribution < -0.4 is 10.1 Å². The molecule has 19 heavy (non-hydrogen) atoms. The van der Waals surface area contributed by atoms with Crippen molar-refractivity contribution < 1.29 is 25.0 Å². The van der Waals surface area contributed by atoms with Crippen molar-refractivity contribution in [3.63, 3.8) is 0 Å². The summed E-state index contributed by atoms with van der Waals surface area (Å²) >= 11 is 0. The quantitative estimate of drug-likeness (QED) is 0.379. The fourth-order valence-electron chi connectivity index (χ4n) is 1.34. The van der Waals surface area contributed by atoms with E-state index in [2.05, 4.69) is 5.32 Å². The number of aliphatic hydroxyl groups is 3. The summed E-state index contributed by atoms with van der Waals surface area (Å²) < 4.78 is 5.12. The Kier molecular flexibility index (Phi) is 6.00. The van der Waals surface area contributed by atoms with Gasteiger partial charge in [0, 0.05) is 6.54 Å². The molecule has 0 aromatic heterocycles. The van der Waals surface area contributed by atoms with Crippen LogP contribution in [-0.2, 0) is 0 Å². The van der Waals surface area contributed by atoms with Crippen LogP contribution in [0.1, 0.15) is 0 Å². The van der Waals surface area contributed by atoms with Crippen molar-refractivity contribution in [2.45, 2.75) is 6.10 Å². The number of nitrogens with one attached hydrogen (secondary N) is 1. The van der Waals surface area contributed by atoms with Gasteiger partial charge in [0.05, 0.1) is 24.2 Å². The molecule has 0 heterocycles. The number of nitro groups is 1. The van der Waals surface area contributed by atoms with Crippen molar-refractivity contribution in [3.05, 3.63) is 28.3 Å². The van der Waals surface area contributed by atoms with Crippen LogP contribution in [-0.4, -0.2) is 52.7 Å². The highest BCUT2D eigenvalue weighted by molar-refractivity contribution is 5.63. The molecule has 4 N–H and O–H groups in total. The lowest BCUT2D eigenvalue weighted by atomic mass is 10.2. The molecule has 0 fully saturated rings. The fraction of sp³-hybridized carbons (Fsp3) is 0.455. The van der Waals surface area contributed by atoms with E-state index in [-0.39, 0.29) is 36.9 Å². The molecule has 1 rings (SSSR count). The van der Waals surface area contributed by atoms with Crippen molar-refractivity contribution in [2.75, 3.05) is 31.7 Å². The summed E-state index contributed by atoms with van der Waals surface area (Å²) in [5, 5.41) is 40.0. The first-order valence-electron chi connectivity index (χ1n) is 5.63. The standard InChI is InChI=1S/C11H16N2O6/c14-4-3-12-10-2-1-9(5-11(10)13(17)18)19-7-8(16)6-15/h1-2,5,8,12,14-16H,3-4,6-7H2. The number of rotatable bonds is 8. The molecule has 0 radical (unpaired) electrons. The van der Waals surface area contributed by atoms with Crippen molar-refractivity contribution in [1.29, 1.82) is 0 Å². The lowest BCUT2D eigenvalue weighted by Gasteiger charge is -2.11. The van der Waals surface area contributed by atoms with E-state index in [1.807, 2.05) is 0 Å². The Balaban J connectivity index is 2.80. The molecule has 0 spiro atoms. The van der Waals surface area contributed by atoms with Gasteiger partial charge >= 0.3 is 0 Å². The van der Waals surface area contributed by atoms with Gasteiger partial charge in [0.25, 0.3) is 5.69 Å². The van der Waals surface area contributed by atoms with Gasteiger partial charge in [-0.05, 0) is 12.1 Å². The van der Waals surface area contributed by atoms with E-state index in [1.165, 1.54) is 18.2 Å². The van der Waals surface area contributed by atoms with Gasteiger partial charge < -0.3 is 25.4 Å². The Morgan fingerprint density at radius 2 is 2.16 bits per heavy atom. The van der Waals surface area contributed by atoms with Crippen LogP contribution in [0.25, 0.3) is 0 Å². The maximum atomic E-state index is 10.9. The van der Waals surface area contributed by atoms with E-state index in [1.54, 1.807) is 0 Å². The number of benzene rings is 1. The Bertz CT molecular complexity index is 426. The zero-order valence-corrected chi connectivity index (χ0v) is 10.2. The minimum Gasteiger partial charge on any atom is -0.491 e. The van der Waals surface area contributed by atoms with E-state index in [9.17, 15) is 10.1 Å². The zero-order valence-electron chi connectivity index (χ0n) is 10.2. The first-order chi connectivity index (χ1) is 9.08. The third-order valence-electron chi connectivity index (χ3n) is 2.25. The molecule has 0 saturated heterocycles. The maximum Gasteiger partial charge on any atom is 0.296 e. The Hall–Kier alpha value is -1.90. The predicted molar refractivity (Wildman–Crippen MR) is 67.3 cm³/mol. The SMILES string of the molecule is O=[N+]([O-])c1cc(OCC(O)CO)ccc1NCCO. The molecule has 0 aliphatic rings. The monoisotopic (exact) mass is 272 g/mol. The third-order valence-corrected chi connectivity index (χ3v) is 2.25. The summed E-state index contributed by atoms with van der Waals surface area (Å²) in [5.74, 6) is 0.216. The summed E-state index contributed by atoms with van der Waals surface area (Å²) in [7, 11) is 0. The van der Waals surface area contributed by atoms with E-state index >= 15 is 0 Å². The van der Waals surface area contributed by atoms with Crippen LogP contribution in [0.5, 0.6) is 5.75 Å². The molecule has 0 saturated carbocycles. The first kappa shape index (κ1) is 15.2. The van der Waals surface area contributed by atoms with Crippen molar-refractivity contribution in [3.8, 4) is 5.75 Å². The lowest BCUT2D eigenvalue weighted by Crippen LogP contribution is -2.21. The average Bonchev–Trinajstić information content (AvgIpc) is 2.42. The molecule has 0 bridgehead atoms. The van der Waals surface area contributed by atoms with E-state index in [0.29, 0.717) is 0 Å². The molecular weight excluding hydrogens is 256 g/mol. The van der Waals surface area contributed by atoms with Gasteiger partial charge in [-0.25, -0.2) is 0 Å². The molecule has 1 aromatic carbocycles. The Labute approximate surface area is 109 Å². The normalized spacial score (nSPS) is 11.9. The smallest absolute Gasteiger partial charge is 0.296 e. The number of ether oxygens (including phenoxy) is 1. The van der Waals surface area contributed by atoms with Gasteiger partial charge in [-0.15, -0.1) is 0 Å². The lowest BCUT2D eigenvalue weighted by molar-refractivity contribution is -0.384. The average molecular weight is 272 g/mol. The summed E-state index contributed by atoms with van der Waals surface area (Å²) in [6.45, 7) is -0.544. The second-order valence-corrected chi connectivity index (χ2v) is 3.73. The molecule has 0 aliphatic heterocycles. The summed E-state index contributed by atoms with van der Waals surface area (Å²) in [4.78, 5) is 10.3. The fourth-order valence-corrected chi connectivity index (χ4v) is 1.34. The highest BCUT2D eigenvalue weighted by atomic mass is 16.6. The van der Waals surface area contributed by atoms with Gasteiger partial charge in [-0.1, -0.05) is 0 Å². The van der Waals surface area contributed by atoms with E-state index in [0.717, 1.165) is 0 Å². The maximum absolute atomic E-state index is 10.9. The topological polar surface area (TPSA) is 125 Å². The predicted octanol–water partition coefficient (Wildman–Crippen LogP) is -0.269. The molecule has 8 heteroatoms. The third kappa shape index (κ3) is 4.70.